The maximum Gasteiger partial charge on any atom is 0.173 e. The minimum absolute atomic E-state index is 1.09. The van der Waals surface area contributed by atoms with Gasteiger partial charge in [-0.25, -0.2) is 0 Å². The standard InChI is InChI=1S/C11H14O/c1-4-8-6-7(3)10-11(12-10)9(8)5-2/h6H,4-5H2,1-3H3. The summed E-state index contributed by atoms with van der Waals surface area (Å²) >= 11 is 0. The molecule has 1 heterocycles. The minimum Gasteiger partial charge on any atom is -0.449 e. The van der Waals surface area contributed by atoms with Crippen LogP contribution >= 0.6 is 0 Å². The monoisotopic (exact) mass is 162 g/mol. The van der Waals surface area contributed by atoms with E-state index in [1.54, 1.807) is 0 Å². The van der Waals surface area contributed by atoms with E-state index in [2.05, 4.69) is 26.8 Å². The molecule has 0 radical (unpaired) electrons. The van der Waals surface area contributed by atoms with Crippen LogP contribution in [0, 0.1) is 6.92 Å². The molecule has 2 rings (SSSR count). The largest absolute Gasteiger partial charge is 0.449 e. The lowest BCUT2D eigenvalue weighted by molar-refractivity contribution is 0.641. The predicted molar refractivity (Wildman–Crippen MR) is 50.0 cm³/mol. The Morgan fingerprint density at radius 1 is 1.17 bits per heavy atom. The predicted octanol–water partition coefficient (Wildman–Crippen LogP) is 3.23. The van der Waals surface area contributed by atoms with E-state index in [9.17, 15) is 0 Å². The number of benzene rings is 1. The van der Waals surface area contributed by atoms with E-state index in [4.69, 9.17) is 4.74 Å². The molecule has 0 amide bonds. The molecule has 0 atom stereocenters. The molecule has 1 aliphatic heterocycles. The van der Waals surface area contributed by atoms with Gasteiger partial charge in [0, 0.05) is 5.56 Å². The number of aryl methyl sites for hydroxylation is 2. The van der Waals surface area contributed by atoms with Crippen LogP contribution in [0.4, 0.5) is 0 Å². The summed E-state index contributed by atoms with van der Waals surface area (Å²) in [5.74, 6) is 2.29. The Morgan fingerprint density at radius 3 is 2.50 bits per heavy atom. The lowest BCUT2D eigenvalue weighted by Gasteiger charge is -2.01. The highest BCUT2D eigenvalue weighted by atomic mass is 16.6. The zero-order chi connectivity index (χ0) is 8.72. The highest BCUT2D eigenvalue weighted by Crippen LogP contribution is 2.52. The lowest BCUT2D eigenvalue weighted by Crippen LogP contribution is -1.87. The fourth-order valence-electron chi connectivity index (χ4n) is 1.80. The first-order chi connectivity index (χ1) is 5.77. The number of ether oxygens (including phenoxy) is 1. The molecule has 0 aliphatic carbocycles. The molecule has 0 unspecified atom stereocenters. The molecule has 0 fully saturated rings. The van der Waals surface area contributed by atoms with Crippen molar-refractivity contribution in [2.75, 3.05) is 0 Å². The second kappa shape index (κ2) is 2.51. The second-order valence-corrected chi connectivity index (χ2v) is 3.30. The topological polar surface area (TPSA) is 12.5 Å². The van der Waals surface area contributed by atoms with Crippen molar-refractivity contribution in [2.24, 2.45) is 0 Å². The van der Waals surface area contributed by atoms with E-state index in [-0.39, 0.29) is 0 Å². The van der Waals surface area contributed by atoms with E-state index >= 15 is 0 Å². The summed E-state index contributed by atoms with van der Waals surface area (Å²) in [6, 6.07) is 2.25. The van der Waals surface area contributed by atoms with Gasteiger partial charge in [-0.05, 0) is 30.9 Å². The summed E-state index contributed by atoms with van der Waals surface area (Å²) in [5, 5.41) is 0. The van der Waals surface area contributed by atoms with E-state index in [0.717, 1.165) is 24.3 Å². The molecule has 0 aromatic heterocycles. The van der Waals surface area contributed by atoms with E-state index < -0.39 is 0 Å². The third kappa shape index (κ3) is 0.927. The fraction of sp³-hybridized carbons (Fsp3) is 0.455. The number of hydrogen-bond donors (Lipinski definition) is 0. The average Bonchev–Trinajstić information content (AvgIpc) is 2.84. The molecular weight excluding hydrogens is 148 g/mol. The van der Waals surface area contributed by atoms with E-state index in [1.807, 2.05) is 0 Å². The van der Waals surface area contributed by atoms with Crippen molar-refractivity contribution in [2.45, 2.75) is 33.6 Å². The highest BCUT2D eigenvalue weighted by molar-refractivity contribution is 5.65. The van der Waals surface area contributed by atoms with Crippen LogP contribution < -0.4 is 4.74 Å². The van der Waals surface area contributed by atoms with Crippen LogP contribution in [0.2, 0.25) is 0 Å². The molecule has 0 saturated carbocycles. The summed E-state index contributed by atoms with van der Waals surface area (Å²) in [6.45, 7) is 6.50. The summed E-state index contributed by atoms with van der Waals surface area (Å²) in [5.41, 5.74) is 4.16. The lowest BCUT2D eigenvalue weighted by atomic mass is 10.0. The molecule has 0 bridgehead atoms. The number of rotatable bonds is 2. The zero-order valence-electron chi connectivity index (χ0n) is 7.90. The maximum atomic E-state index is 5.43. The van der Waals surface area contributed by atoms with Crippen molar-refractivity contribution in [1.82, 2.24) is 0 Å². The normalized spacial score (nSPS) is 12.2. The van der Waals surface area contributed by atoms with Gasteiger partial charge < -0.3 is 4.74 Å². The summed E-state index contributed by atoms with van der Waals surface area (Å²) in [7, 11) is 0. The first-order valence-electron chi connectivity index (χ1n) is 4.61. The van der Waals surface area contributed by atoms with Crippen LogP contribution in [0.15, 0.2) is 6.07 Å². The maximum absolute atomic E-state index is 5.43. The number of hydrogen-bond acceptors (Lipinski definition) is 1. The Balaban J connectivity index is 2.55. The second-order valence-electron chi connectivity index (χ2n) is 3.30. The Morgan fingerprint density at radius 2 is 1.92 bits per heavy atom. The molecular formula is C11H14O. The molecule has 1 aromatic rings. The molecule has 0 saturated heterocycles. The molecule has 64 valence electrons. The molecule has 12 heavy (non-hydrogen) atoms. The first-order valence-corrected chi connectivity index (χ1v) is 4.61. The summed E-state index contributed by atoms with van der Waals surface area (Å²) < 4.78 is 5.43. The van der Waals surface area contributed by atoms with Crippen molar-refractivity contribution >= 4 is 0 Å². The van der Waals surface area contributed by atoms with Crippen molar-refractivity contribution in [3.05, 3.63) is 22.8 Å². The van der Waals surface area contributed by atoms with E-state index in [1.165, 1.54) is 16.7 Å². The van der Waals surface area contributed by atoms with Gasteiger partial charge >= 0.3 is 0 Å². The van der Waals surface area contributed by atoms with Crippen LogP contribution in [0.5, 0.6) is 11.5 Å². The minimum atomic E-state index is 1.09. The quantitative estimate of drug-likeness (QED) is 0.618. The zero-order valence-corrected chi connectivity index (χ0v) is 7.90. The van der Waals surface area contributed by atoms with Crippen molar-refractivity contribution < 1.29 is 4.74 Å². The van der Waals surface area contributed by atoms with E-state index in [0.29, 0.717) is 0 Å². The molecule has 1 nitrogen and oxygen atoms in total. The SMILES string of the molecule is CCc1cc(C)c2c(c1CC)O2. The molecule has 1 aromatic carbocycles. The molecule has 1 heteroatoms. The van der Waals surface area contributed by atoms with Gasteiger partial charge in [-0.1, -0.05) is 19.9 Å². The Bertz CT molecular complexity index is 326. The summed E-state index contributed by atoms with van der Waals surface area (Å²) in [4.78, 5) is 0. The number of fused-ring (bicyclic) bond motifs is 1. The van der Waals surface area contributed by atoms with Gasteiger partial charge in [0.25, 0.3) is 0 Å². The average molecular weight is 162 g/mol. The fourth-order valence-corrected chi connectivity index (χ4v) is 1.80. The highest BCUT2D eigenvalue weighted by Gasteiger charge is 2.28. The van der Waals surface area contributed by atoms with Crippen LogP contribution in [0.1, 0.15) is 30.5 Å². The third-order valence-corrected chi connectivity index (χ3v) is 2.51. The Hall–Kier alpha value is -0.980. The van der Waals surface area contributed by atoms with Gasteiger partial charge in [-0.15, -0.1) is 0 Å². The summed E-state index contributed by atoms with van der Waals surface area (Å²) in [6.07, 6.45) is 2.20. The van der Waals surface area contributed by atoms with Crippen molar-refractivity contribution in [3.8, 4) is 11.5 Å². The van der Waals surface area contributed by atoms with Crippen molar-refractivity contribution in [1.29, 1.82) is 0 Å². The van der Waals surface area contributed by atoms with Gasteiger partial charge in [-0.2, -0.15) is 0 Å². The van der Waals surface area contributed by atoms with Crippen molar-refractivity contribution in [3.63, 3.8) is 0 Å². The van der Waals surface area contributed by atoms with Crippen LogP contribution in [-0.2, 0) is 12.8 Å². The molecule has 1 aliphatic rings. The Labute approximate surface area is 73.4 Å². The molecule has 0 spiro atoms. The van der Waals surface area contributed by atoms with Gasteiger partial charge in [-0.3, -0.25) is 0 Å². The molecule has 0 N–H and O–H groups in total. The smallest absolute Gasteiger partial charge is 0.173 e. The van der Waals surface area contributed by atoms with Gasteiger partial charge in [0.05, 0.1) is 0 Å². The van der Waals surface area contributed by atoms with Crippen LogP contribution in [0.25, 0.3) is 0 Å². The van der Waals surface area contributed by atoms with Crippen LogP contribution in [0.3, 0.4) is 0 Å². The van der Waals surface area contributed by atoms with Gasteiger partial charge in [0.2, 0.25) is 0 Å². The first kappa shape index (κ1) is 7.66. The van der Waals surface area contributed by atoms with Crippen LogP contribution in [-0.4, -0.2) is 0 Å². The van der Waals surface area contributed by atoms with Gasteiger partial charge in [0.1, 0.15) is 0 Å². The van der Waals surface area contributed by atoms with Gasteiger partial charge in [0.15, 0.2) is 11.5 Å². The Kier molecular flexibility index (Phi) is 1.60. The third-order valence-electron chi connectivity index (χ3n) is 2.51.